The van der Waals surface area contributed by atoms with Crippen molar-refractivity contribution in [3.05, 3.63) is 77.1 Å². The van der Waals surface area contributed by atoms with Gasteiger partial charge in [-0.1, -0.05) is 54.8 Å². The summed E-state index contributed by atoms with van der Waals surface area (Å²) in [5.41, 5.74) is 4.21. The number of ether oxygens (including phenoxy) is 1. The molecule has 4 rings (SSSR count). The minimum atomic E-state index is -1.05. The second-order valence-electron chi connectivity index (χ2n) is 8.64. The van der Waals surface area contributed by atoms with E-state index < -0.39 is 12.6 Å². The van der Waals surface area contributed by atoms with E-state index in [2.05, 4.69) is 10.3 Å². The van der Waals surface area contributed by atoms with E-state index in [9.17, 15) is 9.59 Å². The third-order valence-corrected chi connectivity index (χ3v) is 6.56. The van der Waals surface area contributed by atoms with E-state index in [0.717, 1.165) is 42.4 Å². The van der Waals surface area contributed by atoms with E-state index >= 15 is 0 Å². The van der Waals surface area contributed by atoms with Crippen molar-refractivity contribution >= 4 is 29.2 Å². The number of nitrogens with zero attached hydrogens (tertiary/aromatic N) is 1. The molecule has 0 aliphatic heterocycles. The lowest BCUT2D eigenvalue weighted by molar-refractivity contribution is -0.139. The van der Waals surface area contributed by atoms with Crippen LogP contribution in [0, 0.1) is 12.8 Å². The van der Waals surface area contributed by atoms with Crippen molar-refractivity contribution in [2.75, 3.05) is 11.9 Å². The monoisotopic (exact) mass is 478 g/mol. The van der Waals surface area contributed by atoms with Gasteiger partial charge in [-0.3, -0.25) is 9.78 Å². The first-order valence-electron chi connectivity index (χ1n) is 11.4. The third kappa shape index (κ3) is 5.57. The predicted molar refractivity (Wildman–Crippen MR) is 132 cm³/mol. The number of carboxylic acids is 1. The van der Waals surface area contributed by atoms with E-state index in [0.29, 0.717) is 22.0 Å². The summed E-state index contributed by atoms with van der Waals surface area (Å²) in [7, 11) is 0. The molecule has 34 heavy (non-hydrogen) atoms. The Morgan fingerprint density at radius 1 is 1.12 bits per heavy atom. The number of amides is 1. The summed E-state index contributed by atoms with van der Waals surface area (Å²) in [5.74, 6) is -0.686. The first-order valence-corrected chi connectivity index (χ1v) is 11.8. The molecule has 176 valence electrons. The van der Waals surface area contributed by atoms with Crippen LogP contribution in [0.1, 0.15) is 42.7 Å². The molecule has 0 saturated heterocycles. The summed E-state index contributed by atoms with van der Waals surface area (Å²) in [6.07, 6.45) is 7.64. The second-order valence-corrected chi connectivity index (χ2v) is 9.07. The zero-order chi connectivity index (χ0) is 24.1. The molecular weight excluding hydrogens is 452 g/mol. The van der Waals surface area contributed by atoms with Crippen LogP contribution in [0.5, 0.6) is 5.75 Å². The van der Waals surface area contributed by atoms with Crippen molar-refractivity contribution in [3.8, 4) is 16.9 Å². The molecule has 0 bridgehead atoms. The second kappa shape index (κ2) is 10.7. The van der Waals surface area contributed by atoms with Crippen molar-refractivity contribution < 1.29 is 19.4 Å². The fraction of sp³-hybridized carbons (Fsp3) is 0.296. The van der Waals surface area contributed by atoms with Crippen LogP contribution in [-0.2, 0) is 9.59 Å². The van der Waals surface area contributed by atoms with Crippen molar-refractivity contribution in [2.45, 2.75) is 38.5 Å². The molecule has 1 heterocycles. The van der Waals surface area contributed by atoms with Crippen LogP contribution in [-0.4, -0.2) is 28.6 Å². The maximum Gasteiger partial charge on any atom is 0.341 e. The maximum atomic E-state index is 13.6. The number of pyridine rings is 1. The molecule has 0 spiro atoms. The van der Waals surface area contributed by atoms with Crippen LogP contribution in [0.15, 0.2) is 60.9 Å². The van der Waals surface area contributed by atoms with Crippen LogP contribution >= 0.6 is 11.6 Å². The van der Waals surface area contributed by atoms with Crippen molar-refractivity contribution in [3.63, 3.8) is 0 Å². The normalized spacial score (nSPS) is 14.5. The lowest BCUT2D eigenvalue weighted by Crippen LogP contribution is -2.27. The van der Waals surface area contributed by atoms with Crippen LogP contribution in [0.3, 0.4) is 0 Å². The summed E-state index contributed by atoms with van der Waals surface area (Å²) in [4.78, 5) is 28.6. The van der Waals surface area contributed by atoms with Crippen LogP contribution in [0.2, 0.25) is 5.02 Å². The molecule has 0 unspecified atom stereocenters. The number of aliphatic carboxylic acids is 1. The molecule has 2 N–H and O–H groups in total. The molecule has 6 nitrogen and oxygen atoms in total. The molecule has 1 fully saturated rings. The highest BCUT2D eigenvalue weighted by Gasteiger charge is 2.32. The number of hydrogen-bond donors (Lipinski definition) is 2. The lowest BCUT2D eigenvalue weighted by atomic mass is 9.83. The van der Waals surface area contributed by atoms with E-state index in [-0.39, 0.29) is 17.7 Å². The average Bonchev–Trinajstić information content (AvgIpc) is 3.34. The van der Waals surface area contributed by atoms with E-state index in [1.54, 1.807) is 24.5 Å². The SMILES string of the molecule is Cc1c(NC(=O)[C@@H](c2ccc(-c3cncc(Cl)c3)cc2)C2CCCC2)cccc1OCC(=O)O. The van der Waals surface area contributed by atoms with Gasteiger partial charge in [0.05, 0.1) is 10.9 Å². The van der Waals surface area contributed by atoms with Gasteiger partial charge in [0, 0.05) is 29.2 Å². The lowest BCUT2D eigenvalue weighted by Gasteiger charge is -2.24. The Kier molecular flexibility index (Phi) is 7.48. The number of anilines is 1. The van der Waals surface area contributed by atoms with Crippen LogP contribution in [0.25, 0.3) is 11.1 Å². The standard InChI is InChI=1S/C27H27ClN2O4/c1-17-23(7-4-8-24(17)34-16-25(31)32)30-27(33)26(19-5-2-3-6-19)20-11-9-18(10-12-20)21-13-22(28)15-29-14-21/h4,7-15,19,26H,2-3,5-6,16H2,1H3,(H,30,33)(H,31,32)/t26-/m1/s1. The number of benzene rings is 2. The van der Waals surface area contributed by atoms with E-state index in [4.69, 9.17) is 21.4 Å². The molecule has 2 aromatic carbocycles. The highest BCUT2D eigenvalue weighted by molar-refractivity contribution is 6.30. The minimum absolute atomic E-state index is 0.0671. The molecule has 1 aliphatic rings. The molecule has 1 atom stereocenters. The van der Waals surface area contributed by atoms with Gasteiger partial charge in [-0.25, -0.2) is 4.79 Å². The molecule has 1 amide bonds. The summed E-state index contributed by atoms with van der Waals surface area (Å²) in [6, 6.07) is 15.2. The Labute approximate surface area is 203 Å². The van der Waals surface area contributed by atoms with Crippen molar-refractivity contribution in [2.24, 2.45) is 5.92 Å². The van der Waals surface area contributed by atoms with Gasteiger partial charge in [0.1, 0.15) is 5.75 Å². The molecule has 3 aromatic rings. The summed E-state index contributed by atoms with van der Waals surface area (Å²) < 4.78 is 5.36. The Morgan fingerprint density at radius 3 is 2.53 bits per heavy atom. The number of rotatable bonds is 8. The molecule has 7 heteroatoms. The van der Waals surface area contributed by atoms with Crippen molar-refractivity contribution in [1.29, 1.82) is 0 Å². The maximum absolute atomic E-state index is 13.6. The smallest absolute Gasteiger partial charge is 0.341 e. The molecule has 1 aromatic heterocycles. The fourth-order valence-electron chi connectivity index (χ4n) is 4.64. The van der Waals surface area contributed by atoms with Gasteiger partial charge in [0.15, 0.2) is 6.61 Å². The van der Waals surface area contributed by atoms with Gasteiger partial charge in [0.25, 0.3) is 0 Å². The fourth-order valence-corrected chi connectivity index (χ4v) is 4.81. The first kappa shape index (κ1) is 23.8. The van der Waals surface area contributed by atoms with Crippen molar-refractivity contribution in [1.82, 2.24) is 4.98 Å². The van der Waals surface area contributed by atoms with Gasteiger partial charge in [-0.05, 0) is 55.0 Å². The van der Waals surface area contributed by atoms with Crippen LogP contribution < -0.4 is 10.1 Å². The zero-order valence-electron chi connectivity index (χ0n) is 19.0. The summed E-state index contributed by atoms with van der Waals surface area (Å²) in [6.45, 7) is 1.38. The topological polar surface area (TPSA) is 88.5 Å². The van der Waals surface area contributed by atoms with Gasteiger partial charge >= 0.3 is 5.97 Å². The number of hydrogen-bond acceptors (Lipinski definition) is 4. The minimum Gasteiger partial charge on any atom is -0.482 e. The Hall–Kier alpha value is -3.38. The third-order valence-electron chi connectivity index (χ3n) is 6.35. The quantitative estimate of drug-likeness (QED) is 0.409. The Morgan fingerprint density at radius 2 is 1.85 bits per heavy atom. The number of halogens is 1. The largest absolute Gasteiger partial charge is 0.482 e. The molecule has 0 radical (unpaired) electrons. The predicted octanol–water partition coefficient (Wildman–Crippen LogP) is 6.09. The number of carbonyl (C=O) groups excluding carboxylic acids is 1. The molecule has 1 aliphatic carbocycles. The molecule has 1 saturated carbocycles. The number of nitrogens with one attached hydrogen (secondary N) is 1. The van der Waals surface area contributed by atoms with Gasteiger partial charge < -0.3 is 15.2 Å². The highest BCUT2D eigenvalue weighted by Crippen LogP contribution is 2.39. The van der Waals surface area contributed by atoms with E-state index in [1.807, 2.05) is 43.3 Å². The zero-order valence-corrected chi connectivity index (χ0v) is 19.7. The summed E-state index contributed by atoms with van der Waals surface area (Å²) >= 11 is 6.09. The Bertz CT molecular complexity index is 1170. The molecular formula is C27H27ClN2O4. The Balaban J connectivity index is 1.58. The highest BCUT2D eigenvalue weighted by atomic mass is 35.5. The summed E-state index contributed by atoms with van der Waals surface area (Å²) in [5, 5.41) is 12.6. The van der Waals surface area contributed by atoms with Gasteiger partial charge in [-0.2, -0.15) is 0 Å². The van der Waals surface area contributed by atoms with Gasteiger partial charge in [-0.15, -0.1) is 0 Å². The number of aromatic nitrogens is 1. The first-order chi connectivity index (χ1) is 16.4. The van der Waals surface area contributed by atoms with E-state index in [1.165, 1.54) is 0 Å². The van der Waals surface area contributed by atoms with Gasteiger partial charge in [0.2, 0.25) is 5.91 Å². The average molecular weight is 479 g/mol. The van der Waals surface area contributed by atoms with Crippen LogP contribution in [0.4, 0.5) is 5.69 Å². The number of carboxylic acid groups (broad SMARTS) is 1. The number of carbonyl (C=O) groups is 2.